The molecule has 0 bridgehead atoms. The van der Waals surface area contributed by atoms with Gasteiger partial charge in [-0.15, -0.1) is 11.8 Å². The van der Waals surface area contributed by atoms with Gasteiger partial charge in [0.15, 0.2) is 0 Å². The summed E-state index contributed by atoms with van der Waals surface area (Å²) in [5.74, 6) is -0.792. The van der Waals surface area contributed by atoms with Crippen LogP contribution in [0.15, 0.2) is 150 Å². The molecule has 0 aliphatic carbocycles. The van der Waals surface area contributed by atoms with Gasteiger partial charge in [0.2, 0.25) is 5.91 Å². The van der Waals surface area contributed by atoms with E-state index in [2.05, 4.69) is 16.0 Å². The summed E-state index contributed by atoms with van der Waals surface area (Å²) in [7, 11) is 0. The fourth-order valence-electron chi connectivity index (χ4n) is 4.95. The topological polar surface area (TPSA) is 87.3 Å². The number of thioether (sulfide) groups is 1. The van der Waals surface area contributed by atoms with Gasteiger partial charge in [-0.25, -0.2) is 0 Å². The second-order valence-electron chi connectivity index (χ2n) is 10.3. The Hall–Kier alpha value is -5.66. The second kappa shape index (κ2) is 13.8. The molecule has 0 heterocycles. The van der Waals surface area contributed by atoms with E-state index in [9.17, 15) is 14.4 Å². The van der Waals surface area contributed by atoms with Crippen molar-refractivity contribution in [1.29, 1.82) is 0 Å². The maximum absolute atomic E-state index is 13.6. The molecule has 0 atom stereocenters. The molecule has 6 rings (SSSR count). The third-order valence-electron chi connectivity index (χ3n) is 7.15. The molecule has 0 saturated heterocycles. The van der Waals surface area contributed by atoms with Crippen LogP contribution in [0.1, 0.15) is 15.9 Å². The predicted molar refractivity (Wildman–Crippen MR) is 184 cm³/mol. The summed E-state index contributed by atoms with van der Waals surface area (Å²) in [6.07, 6.45) is 1.69. The molecule has 0 spiro atoms. The molecule has 0 saturated carbocycles. The molecule has 0 unspecified atom stereocenters. The maximum atomic E-state index is 13.6. The molecule has 45 heavy (non-hydrogen) atoms. The fraction of sp³-hybridized carbons (Fsp3) is 0.0263. The molecule has 0 aliphatic rings. The number of amides is 3. The van der Waals surface area contributed by atoms with Gasteiger partial charge in [-0.3, -0.25) is 14.4 Å². The number of carbonyl (C=O) groups is 3. The fourth-order valence-corrected chi connectivity index (χ4v) is 5.70. The SMILES string of the molecule is O=C(CSc1cccc(NC(=O)/C(=C\c2cccc3ccccc23)NC(=O)c2ccccc2)c1)Nc1ccc2ccccc2c1. The molecule has 0 fully saturated rings. The highest BCUT2D eigenvalue weighted by Crippen LogP contribution is 2.25. The zero-order valence-electron chi connectivity index (χ0n) is 24.2. The van der Waals surface area contributed by atoms with Crippen LogP contribution in [0.25, 0.3) is 27.6 Å². The van der Waals surface area contributed by atoms with Gasteiger partial charge in [0.1, 0.15) is 5.70 Å². The Morgan fingerprint density at radius 1 is 0.600 bits per heavy atom. The standard InChI is InChI=1S/C38H29N3O3S/c42-36(39-32-21-20-26-10-4-5-14-29(26)22-32)25-45-33-18-9-17-31(24-33)40-38(44)35(41-37(43)28-12-2-1-3-13-28)23-30-16-8-15-27-11-6-7-19-34(27)30/h1-24H,25H2,(H,39,42)(H,40,44)(H,41,43)/b35-23+. The summed E-state index contributed by atoms with van der Waals surface area (Å²) in [5, 5.41) is 12.8. The van der Waals surface area contributed by atoms with Crippen molar-refractivity contribution in [3.63, 3.8) is 0 Å². The van der Waals surface area contributed by atoms with E-state index in [0.717, 1.165) is 37.7 Å². The number of hydrogen-bond donors (Lipinski definition) is 3. The minimum atomic E-state index is -0.469. The first-order valence-electron chi connectivity index (χ1n) is 14.4. The van der Waals surface area contributed by atoms with Crippen LogP contribution in [0.3, 0.4) is 0 Å². The molecular weight excluding hydrogens is 579 g/mol. The number of rotatable bonds is 9. The van der Waals surface area contributed by atoms with Crippen LogP contribution in [-0.4, -0.2) is 23.5 Å². The zero-order chi connectivity index (χ0) is 31.0. The Morgan fingerprint density at radius 3 is 2.13 bits per heavy atom. The van der Waals surface area contributed by atoms with Gasteiger partial charge >= 0.3 is 0 Å². The van der Waals surface area contributed by atoms with Gasteiger partial charge in [0.05, 0.1) is 5.75 Å². The van der Waals surface area contributed by atoms with Crippen LogP contribution in [0.2, 0.25) is 0 Å². The highest BCUT2D eigenvalue weighted by atomic mass is 32.2. The zero-order valence-corrected chi connectivity index (χ0v) is 25.0. The summed E-state index contributed by atoms with van der Waals surface area (Å²) >= 11 is 1.37. The van der Waals surface area contributed by atoms with Crippen molar-refractivity contribution in [2.45, 2.75) is 4.90 Å². The van der Waals surface area contributed by atoms with E-state index in [1.165, 1.54) is 11.8 Å². The first-order chi connectivity index (χ1) is 22.0. The Labute approximate surface area is 265 Å². The van der Waals surface area contributed by atoms with Gasteiger partial charge in [-0.05, 0) is 75.6 Å². The summed E-state index contributed by atoms with van der Waals surface area (Å²) in [6, 6.07) is 43.5. The number of hydrogen-bond acceptors (Lipinski definition) is 4. The third kappa shape index (κ3) is 7.47. The molecule has 6 aromatic carbocycles. The molecule has 6 nitrogen and oxygen atoms in total. The van der Waals surface area contributed by atoms with E-state index < -0.39 is 5.91 Å². The minimum absolute atomic E-state index is 0.105. The van der Waals surface area contributed by atoms with Crippen LogP contribution >= 0.6 is 11.8 Å². The molecular formula is C38H29N3O3S. The molecule has 0 radical (unpaired) electrons. The van der Waals surface area contributed by atoms with Gasteiger partial charge in [0.25, 0.3) is 11.8 Å². The highest BCUT2D eigenvalue weighted by molar-refractivity contribution is 8.00. The number of benzene rings is 6. The van der Waals surface area contributed by atoms with Crippen molar-refractivity contribution in [3.05, 3.63) is 156 Å². The van der Waals surface area contributed by atoms with E-state index in [-0.39, 0.29) is 23.3 Å². The predicted octanol–water partition coefficient (Wildman–Crippen LogP) is 8.13. The lowest BCUT2D eigenvalue weighted by Crippen LogP contribution is -2.30. The van der Waals surface area contributed by atoms with Crippen molar-refractivity contribution >= 4 is 68.5 Å². The lowest BCUT2D eigenvalue weighted by atomic mass is 10.0. The summed E-state index contributed by atoms with van der Waals surface area (Å²) < 4.78 is 0. The highest BCUT2D eigenvalue weighted by Gasteiger charge is 2.16. The van der Waals surface area contributed by atoms with E-state index >= 15 is 0 Å². The number of fused-ring (bicyclic) bond motifs is 2. The average Bonchev–Trinajstić information content (AvgIpc) is 3.07. The Bertz CT molecular complexity index is 2050. The van der Waals surface area contributed by atoms with Crippen LogP contribution in [0, 0.1) is 0 Å². The van der Waals surface area contributed by atoms with Crippen LogP contribution < -0.4 is 16.0 Å². The monoisotopic (exact) mass is 607 g/mol. The Balaban J connectivity index is 1.17. The molecule has 220 valence electrons. The van der Waals surface area contributed by atoms with Crippen molar-refractivity contribution in [1.82, 2.24) is 5.32 Å². The second-order valence-corrected chi connectivity index (χ2v) is 11.4. The number of nitrogens with one attached hydrogen (secondary N) is 3. The van der Waals surface area contributed by atoms with Gasteiger partial charge in [0, 0.05) is 21.8 Å². The first kappa shape index (κ1) is 29.4. The Morgan fingerprint density at radius 2 is 1.29 bits per heavy atom. The molecule has 6 aromatic rings. The number of carbonyl (C=O) groups excluding carboxylic acids is 3. The lowest BCUT2D eigenvalue weighted by Gasteiger charge is -2.13. The minimum Gasteiger partial charge on any atom is -0.325 e. The first-order valence-corrected chi connectivity index (χ1v) is 15.4. The van der Waals surface area contributed by atoms with Crippen LogP contribution in [0.5, 0.6) is 0 Å². The summed E-state index contributed by atoms with van der Waals surface area (Å²) in [5.41, 5.74) is 2.62. The van der Waals surface area contributed by atoms with Crippen molar-refractivity contribution in [2.75, 3.05) is 16.4 Å². The van der Waals surface area contributed by atoms with E-state index in [1.54, 1.807) is 42.5 Å². The smallest absolute Gasteiger partial charge is 0.272 e. The largest absolute Gasteiger partial charge is 0.325 e. The lowest BCUT2D eigenvalue weighted by molar-refractivity contribution is -0.114. The van der Waals surface area contributed by atoms with E-state index in [4.69, 9.17) is 0 Å². The van der Waals surface area contributed by atoms with Gasteiger partial charge in [-0.2, -0.15) is 0 Å². The van der Waals surface area contributed by atoms with Gasteiger partial charge in [-0.1, -0.05) is 97.1 Å². The molecule has 0 aromatic heterocycles. The average molecular weight is 608 g/mol. The van der Waals surface area contributed by atoms with E-state index in [1.807, 2.05) is 103 Å². The quantitative estimate of drug-likeness (QED) is 0.114. The Kier molecular flexibility index (Phi) is 8.99. The molecule has 0 aliphatic heterocycles. The summed E-state index contributed by atoms with van der Waals surface area (Å²) in [4.78, 5) is 40.2. The third-order valence-corrected chi connectivity index (χ3v) is 8.14. The van der Waals surface area contributed by atoms with Crippen molar-refractivity contribution in [2.24, 2.45) is 0 Å². The number of anilines is 2. The summed E-state index contributed by atoms with van der Waals surface area (Å²) in [6.45, 7) is 0. The van der Waals surface area contributed by atoms with E-state index in [0.29, 0.717) is 11.3 Å². The van der Waals surface area contributed by atoms with Crippen molar-refractivity contribution in [3.8, 4) is 0 Å². The van der Waals surface area contributed by atoms with Crippen molar-refractivity contribution < 1.29 is 14.4 Å². The maximum Gasteiger partial charge on any atom is 0.272 e. The normalized spacial score (nSPS) is 11.2. The molecule has 3 N–H and O–H groups in total. The molecule has 7 heteroatoms. The van der Waals surface area contributed by atoms with Crippen LogP contribution in [-0.2, 0) is 9.59 Å². The van der Waals surface area contributed by atoms with Crippen LogP contribution in [0.4, 0.5) is 11.4 Å². The van der Waals surface area contributed by atoms with Gasteiger partial charge < -0.3 is 16.0 Å². The molecule has 3 amide bonds.